The van der Waals surface area contributed by atoms with E-state index in [2.05, 4.69) is 26.0 Å². The molecule has 0 spiro atoms. The van der Waals surface area contributed by atoms with Crippen LogP contribution in [-0.2, 0) is 4.79 Å². The molecule has 0 bridgehead atoms. The van der Waals surface area contributed by atoms with E-state index in [0.29, 0.717) is 32.2 Å². The minimum Gasteiger partial charge on any atom is -0.496 e. The Morgan fingerprint density at radius 3 is 2.93 bits per heavy atom. The molecule has 2 heterocycles. The van der Waals surface area contributed by atoms with Crippen molar-refractivity contribution in [3.05, 3.63) is 45.6 Å². The summed E-state index contributed by atoms with van der Waals surface area (Å²) in [6.45, 7) is 0. The third-order valence-corrected chi connectivity index (χ3v) is 5.23. The smallest absolute Gasteiger partial charge is 0.279 e. The van der Waals surface area contributed by atoms with E-state index in [-0.39, 0.29) is 17.6 Å². The van der Waals surface area contributed by atoms with E-state index in [9.17, 15) is 9.59 Å². The highest BCUT2D eigenvalue weighted by molar-refractivity contribution is 7.99. The Balaban J connectivity index is 1.54. The highest BCUT2D eigenvalue weighted by Gasteiger charge is 2.14. The van der Waals surface area contributed by atoms with E-state index >= 15 is 0 Å². The molecule has 8 nitrogen and oxygen atoms in total. The topological polar surface area (TPSA) is 109 Å². The number of H-pyrrole nitrogens is 1. The number of hydrazine groups is 1. The first kappa shape index (κ1) is 19.2. The number of hydrogen-bond acceptors (Lipinski definition) is 7. The zero-order chi connectivity index (χ0) is 19.2. The van der Waals surface area contributed by atoms with Crippen molar-refractivity contribution in [1.82, 2.24) is 26.0 Å². The Hall–Kier alpha value is -2.56. The Kier molecular flexibility index (Phi) is 6.32. The van der Waals surface area contributed by atoms with Crippen molar-refractivity contribution < 1.29 is 14.3 Å². The van der Waals surface area contributed by atoms with Gasteiger partial charge in [-0.15, -0.1) is 16.4 Å². The molecule has 140 valence electrons. The van der Waals surface area contributed by atoms with E-state index in [0.717, 1.165) is 11.8 Å². The van der Waals surface area contributed by atoms with Crippen LogP contribution in [0.4, 0.5) is 0 Å². The predicted octanol–water partition coefficient (Wildman–Crippen LogP) is 2.75. The zero-order valence-electron chi connectivity index (χ0n) is 14.0. The zero-order valence-corrected chi connectivity index (χ0v) is 16.4. The second kappa shape index (κ2) is 8.89. The summed E-state index contributed by atoms with van der Waals surface area (Å²) in [5.74, 6) is 0.367. The van der Waals surface area contributed by atoms with Crippen molar-refractivity contribution in [3.8, 4) is 17.1 Å². The lowest BCUT2D eigenvalue weighted by molar-refractivity contribution is -0.119. The summed E-state index contributed by atoms with van der Waals surface area (Å²) in [6, 6.07) is 8.58. The van der Waals surface area contributed by atoms with Crippen LogP contribution in [0.15, 0.2) is 40.9 Å². The highest BCUT2D eigenvalue weighted by atomic mass is 35.5. The van der Waals surface area contributed by atoms with E-state index in [1.54, 1.807) is 42.8 Å². The standard InChI is InChI=1S/C16H14ClN5O3S2/c1-25-11-5-4-9(17)7-10(11)14-18-16(22-20-14)27-8-13(23)19-21-15(24)12-3-2-6-26-12/h2-7H,8H2,1H3,(H,19,23)(H,21,24)(H,18,20,22). The average molecular weight is 424 g/mol. The number of halogens is 1. The van der Waals surface area contributed by atoms with Gasteiger partial charge in [0, 0.05) is 5.02 Å². The summed E-state index contributed by atoms with van der Waals surface area (Å²) in [7, 11) is 1.55. The number of ether oxygens (including phenoxy) is 1. The van der Waals surface area contributed by atoms with Crippen LogP contribution in [0.3, 0.4) is 0 Å². The molecule has 0 aliphatic heterocycles. The largest absolute Gasteiger partial charge is 0.496 e. The molecule has 0 saturated carbocycles. The SMILES string of the molecule is COc1ccc(Cl)cc1-c1nc(SCC(=O)NNC(=O)c2cccs2)n[nH]1. The first-order chi connectivity index (χ1) is 13.1. The fraction of sp³-hybridized carbons (Fsp3) is 0.125. The number of aromatic amines is 1. The van der Waals surface area contributed by atoms with Crippen molar-refractivity contribution in [2.24, 2.45) is 0 Å². The maximum atomic E-state index is 11.9. The van der Waals surface area contributed by atoms with Crippen molar-refractivity contribution in [3.63, 3.8) is 0 Å². The van der Waals surface area contributed by atoms with Gasteiger partial charge in [-0.25, -0.2) is 4.98 Å². The fourth-order valence-electron chi connectivity index (χ4n) is 2.06. The maximum Gasteiger partial charge on any atom is 0.279 e. The summed E-state index contributed by atoms with van der Waals surface area (Å²) >= 11 is 8.43. The van der Waals surface area contributed by atoms with Crippen LogP contribution < -0.4 is 15.6 Å². The molecular weight excluding hydrogens is 410 g/mol. The monoisotopic (exact) mass is 423 g/mol. The van der Waals surface area contributed by atoms with E-state index in [4.69, 9.17) is 16.3 Å². The van der Waals surface area contributed by atoms with Gasteiger partial charge in [0.2, 0.25) is 11.1 Å². The number of thiophene rings is 1. The lowest BCUT2D eigenvalue weighted by Gasteiger charge is -2.05. The van der Waals surface area contributed by atoms with Crippen LogP contribution in [0.25, 0.3) is 11.4 Å². The number of aromatic nitrogens is 3. The van der Waals surface area contributed by atoms with Gasteiger partial charge in [0.1, 0.15) is 5.75 Å². The van der Waals surface area contributed by atoms with Gasteiger partial charge >= 0.3 is 0 Å². The van der Waals surface area contributed by atoms with Gasteiger partial charge in [0.15, 0.2) is 5.82 Å². The first-order valence-corrected chi connectivity index (χ1v) is 9.83. The molecule has 1 aromatic carbocycles. The summed E-state index contributed by atoms with van der Waals surface area (Å²) < 4.78 is 5.29. The Morgan fingerprint density at radius 2 is 2.19 bits per heavy atom. The molecule has 2 aromatic heterocycles. The van der Waals surface area contributed by atoms with Crippen molar-refractivity contribution in [2.45, 2.75) is 5.16 Å². The van der Waals surface area contributed by atoms with Crippen LogP contribution in [0.2, 0.25) is 5.02 Å². The predicted molar refractivity (Wildman–Crippen MR) is 104 cm³/mol. The van der Waals surface area contributed by atoms with E-state index < -0.39 is 0 Å². The van der Waals surface area contributed by atoms with Crippen LogP contribution >= 0.6 is 34.7 Å². The Morgan fingerprint density at radius 1 is 1.33 bits per heavy atom. The minimum atomic E-state index is -0.378. The van der Waals surface area contributed by atoms with Crippen molar-refractivity contribution >= 4 is 46.5 Å². The van der Waals surface area contributed by atoms with Gasteiger partial charge in [-0.3, -0.25) is 25.5 Å². The molecule has 11 heteroatoms. The Bertz CT molecular complexity index is 945. The van der Waals surface area contributed by atoms with Gasteiger partial charge in [0.25, 0.3) is 5.91 Å². The second-order valence-corrected chi connectivity index (χ2v) is 7.41. The third-order valence-electron chi connectivity index (χ3n) is 3.27. The van der Waals surface area contributed by atoms with Crippen molar-refractivity contribution in [1.29, 1.82) is 0 Å². The molecular formula is C16H14ClN5O3S2. The molecule has 3 N–H and O–H groups in total. The first-order valence-electron chi connectivity index (χ1n) is 7.58. The fourth-order valence-corrected chi connectivity index (χ4v) is 3.45. The number of benzene rings is 1. The number of nitrogens with one attached hydrogen (secondary N) is 3. The van der Waals surface area contributed by atoms with Crippen LogP contribution in [0.5, 0.6) is 5.75 Å². The molecule has 0 unspecified atom stereocenters. The quantitative estimate of drug-likeness (QED) is 0.415. The normalized spacial score (nSPS) is 10.4. The van der Waals surface area contributed by atoms with Gasteiger partial charge in [-0.05, 0) is 29.6 Å². The molecule has 0 aliphatic carbocycles. The average Bonchev–Trinajstić information content (AvgIpc) is 3.36. The highest BCUT2D eigenvalue weighted by Crippen LogP contribution is 2.31. The van der Waals surface area contributed by atoms with Gasteiger partial charge in [-0.2, -0.15) is 0 Å². The summed E-state index contributed by atoms with van der Waals surface area (Å²) in [5, 5.41) is 9.56. The van der Waals surface area contributed by atoms with Gasteiger partial charge < -0.3 is 4.74 Å². The second-order valence-electron chi connectivity index (χ2n) is 5.08. The molecule has 0 radical (unpaired) electrons. The maximum absolute atomic E-state index is 11.9. The molecule has 3 aromatic rings. The number of carbonyl (C=O) groups is 2. The summed E-state index contributed by atoms with van der Waals surface area (Å²) in [6.07, 6.45) is 0. The number of carbonyl (C=O) groups excluding carboxylic acids is 2. The number of amides is 2. The molecule has 0 fully saturated rings. The number of hydrogen-bond donors (Lipinski definition) is 3. The lowest BCUT2D eigenvalue weighted by atomic mass is 10.2. The van der Waals surface area contributed by atoms with Crippen LogP contribution in [0, 0.1) is 0 Å². The molecule has 0 saturated heterocycles. The van der Waals surface area contributed by atoms with Gasteiger partial charge in [-0.1, -0.05) is 29.4 Å². The van der Waals surface area contributed by atoms with Gasteiger partial charge in [0.05, 0.1) is 23.3 Å². The molecule has 0 atom stereocenters. The number of nitrogens with zero attached hydrogens (tertiary/aromatic N) is 2. The number of rotatable bonds is 6. The van der Waals surface area contributed by atoms with Crippen molar-refractivity contribution in [2.75, 3.05) is 12.9 Å². The molecule has 0 aliphatic rings. The number of methoxy groups -OCH3 is 1. The number of thioether (sulfide) groups is 1. The third kappa shape index (κ3) is 5.00. The molecule has 27 heavy (non-hydrogen) atoms. The summed E-state index contributed by atoms with van der Waals surface area (Å²) in [5.41, 5.74) is 5.37. The lowest BCUT2D eigenvalue weighted by Crippen LogP contribution is -2.42. The molecule has 2 amide bonds. The van der Waals surface area contributed by atoms with E-state index in [1.165, 1.54) is 11.3 Å². The molecule has 3 rings (SSSR count). The Labute approximate surface area is 167 Å². The van der Waals surface area contributed by atoms with Crippen LogP contribution in [-0.4, -0.2) is 39.9 Å². The van der Waals surface area contributed by atoms with E-state index in [1.807, 2.05) is 0 Å². The minimum absolute atomic E-state index is 0.0364. The van der Waals surface area contributed by atoms with Crippen LogP contribution in [0.1, 0.15) is 9.67 Å². The summed E-state index contributed by atoms with van der Waals surface area (Å²) in [4.78, 5) is 28.5.